The van der Waals surface area contributed by atoms with Crippen LogP contribution >= 0.6 is 0 Å². The summed E-state index contributed by atoms with van der Waals surface area (Å²) in [5.41, 5.74) is 6.44. The van der Waals surface area contributed by atoms with Gasteiger partial charge in [-0.3, -0.25) is 0 Å². The number of nitrogens with zero attached hydrogens (tertiary/aromatic N) is 3. The Morgan fingerprint density at radius 1 is 1.35 bits per heavy atom. The Labute approximate surface area is 101 Å². The molecule has 0 amide bonds. The Bertz CT molecular complexity index is 383. The van der Waals surface area contributed by atoms with Crippen molar-refractivity contribution < 1.29 is 4.39 Å². The Hall–Kier alpha value is -1.20. The van der Waals surface area contributed by atoms with E-state index in [4.69, 9.17) is 5.73 Å². The summed E-state index contributed by atoms with van der Waals surface area (Å²) in [7, 11) is 2.12. The summed E-state index contributed by atoms with van der Waals surface area (Å²) in [6.07, 6.45) is 2.36. The van der Waals surface area contributed by atoms with E-state index < -0.39 is 0 Å². The Kier molecular flexibility index (Phi) is 3.91. The van der Waals surface area contributed by atoms with E-state index in [0.717, 1.165) is 44.0 Å². The number of pyridine rings is 1. The standard InChI is InChI=1S/C12H19FN4/c1-16-3-2-4-17(6-5-16)12-10(8-14)7-11(13)9-15-12/h7,9H,2-6,8,14H2,1H3. The van der Waals surface area contributed by atoms with Crippen LogP contribution in [-0.2, 0) is 6.54 Å². The van der Waals surface area contributed by atoms with Crippen LogP contribution in [0.3, 0.4) is 0 Å². The first-order valence-corrected chi connectivity index (χ1v) is 5.98. The maximum atomic E-state index is 13.1. The van der Waals surface area contributed by atoms with Gasteiger partial charge in [-0.15, -0.1) is 0 Å². The number of nitrogens with two attached hydrogens (primary N) is 1. The minimum Gasteiger partial charge on any atom is -0.355 e. The van der Waals surface area contributed by atoms with Crippen LogP contribution in [0.2, 0.25) is 0 Å². The number of hydrogen-bond donors (Lipinski definition) is 1. The minimum absolute atomic E-state index is 0.318. The molecule has 5 heteroatoms. The van der Waals surface area contributed by atoms with Crippen LogP contribution in [0.1, 0.15) is 12.0 Å². The van der Waals surface area contributed by atoms with E-state index in [0.29, 0.717) is 6.54 Å². The molecule has 0 aliphatic carbocycles. The van der Waals surface area contributed by atoms with Gasteiger partial charge in [-0.05, 0) is 26.1 Å². The normalized spacial score (nSPS) is 18.2. The zero-order valence-corrected chi connectivity index (χ0v) is 10.2. The molecule has 0 atom stereocenters. The monoisotopic (exact) mass is 238 g/mol. The molecule has 2 rings (SSSR count). The summed E-state index contributed by atoms with van der Waals surface area (Å²) in [5.74, 6) is 0.519. The Balaban J connectivity index is 2.20. The van der Waals surface area contributed by atoms with Crippen molar-refractivity contribution in [2.24, 2.45) is 5.73 Å². The molecule has 1 aromatic rings. The lowest BCUT2D eigenvalue weighted by Crippen LogP contribution is -2.30. The third-order valence-electron chi connectivity index (χ3n) is 3.15. The second-order valence-corrected chi connectivity index (χ2v) is 4.48. The second kappa shape index (κ2) is 5.42. The van der Waals surface area contributed by atoms with Gasteiger partial charge in [-0.25, -0.2) is 9.37 Å². The first-order chi connectivity index (χ1) is 8.20. The van der Waals surface area contributed by atoms with E-state index in [-0.39, 0.29) is 5.82 Å². The molecule has 0 unspecified atom stereocenters. The highest BCUT2D eigenvalue weighted by Crippen LogP contribution is 2.19. The quantitative estimate of drug-likeness (QED) is 0.828. The number of rotatable bonds is 2. The van der Waals surface area contributed by atoms with E-state index in [1.165, 1.54) is 12.3 Å². The third kappa shape index (κ3) is 2.92. The van der Waals surface area contributed by atoms with Crippen molar-refractivity contribution in [1.82, 2.24) is 9.88 Å². The van der Waals surface area contributed by atoms with Gasteiger partial charge in [0.1, 0.15) is 11.6 Å². The average Bonchev–Trinajstić information content (AvgIpc) is 2.54. The summed E-state index contributed by atoms with van der Waals surface area (Å²) in [4.78, 5) is 8.69. The molecule has 2 heterocycles. The molecule has 0 radical (unpaired) electrons. The van der Waals surface area contributed by atoms with Crippen molar-refractivity contribution in [2.45, 2.75) is 13.0 Å². The van der Waals surface area contributed by atoms with Crippen LogP contribution in [0.25, 0.3) is 0 Å². The van der Waals surface area contributed by atoms with E-state index >= 15 is 0 Å². The molecule has 0 saturated carbocycles. The predicted octanol–water partition coefficient (Wildman–Crippen LogP) is 0.821. The molecule has 1 aliphatic rings. The number of anilines is 1. The molecule has 2 N–H and O–H groups in total. The van der Waals surface area contributed by atoms with Gasteiger partial charge >= 0.3 is 0 Å². The first kappa shape index (κ1) is 12.3. The topological polar surface area (TPSA) is 45.4 Å². The predicted molar refractivity (Wildman–Crippen MR) is 66.4 cm³/mol. The van der Waals surface area contributed by atoms with E-state index in [2.05, 4.69) is 21.8 Å². The Morgan fingerprint density at radius 2 is 2.18 bits per heavy atom. The highest BCUT2D eigenvalue weighted by Gasteiger charge is 2.16. The fourth-order valence-electron chi connectivity index (χ4n) is 2.17. The van der Waals surface area contributed by atoms with Crippen LogP contribution in [0, 0.1) is 5.82 Å². The molecule has 0 bridgehead atoms. The lowest BCUT2D eigenvalue weighted by molar-refractivity contribution is 0.360. The largest absolute Gasteiger partial charge is 0.355 e. The smallest absolute Gasteiger partial charge is 0.141 e. The first-order valence-electron chi connectivity index (χ1n) is 5.98. The zero-order chi connectivity index (χ0) is 12.3. The molecule has 1 saturated heterocycles. The van der Waals surface area contributed by atoms with Gasteiger partial charge in [0.25, 0.3) is 0 Å². The van der Waals surface area contributed by atoms with E-state index in [9.17, 15) is 4.39 Å². The fourth-order valence-corrected chi connectivity index (χ4v) is 2.17. The van der Waals surface area contributed by atoms with Crippen LogP contribution in [-0.4, -0.2) is 43.1 Å². The molecule has 1 aromatic heterocycles. The fraction of sp³-hybridized carbons (Fsp3) is 0.583. The summed E-state index contributed by atoms with van der Waals surface area (Å²) in [5, 5.41) is 0. The van der Waals surface area contributed by atoms with Crippen LogP contribution in [0.15, 0.2) is 12.3 Å². The second-order valence-electron chi connectivity index (χ2n) is 4.48. The van der Waals surface area contributed by atoms with E-state index in [1.807, 2.05) is 0 Å². The minimum atomic E-state index is -0.318. The Morgan fingerprint density at radius 3 is 2.94 bits per heavy atom. The number of hydrogen-bond acceptors (Lipinski definition) is 4. The van der Waals surface area contributed by atoms with Crippen LogP contribution < -0.4 is 10.6 Å². The van der Waals surface area contributed by atoms with Crippen molar-refractivity contribution >= 4 is 5.82 Å². The van der Waals surface area contributed by atoms with Gasteiger partial charge in [-0.2, -0.15) is 0 Å². The van der Waals surface area contributed by atoms with Gasteiger partial charge in [0.2, 0.25) is 0 Å². The third-order valence-corrected chi connectivity index (χ3v) is 3.15. The number of halogens is 1. The lowest BCUT2D eigenvalue weighted by Gasteiger charge is -2.23. The van der Waals surface area contributed by atoms with Crippen molar-refractivity contribution in [2.75, 3.05) is 38.1 Å². The molecule has 1 aliphatic heterocycles. The summed E-state index contributed by atoms with van der Waals surface area (Å²) < 4.78 is 13.1. The van der Waals surface area contributed by atoms with Gasteiger partial charge in [0.15, 0.2) is 0 Å². The lowest BCUT2D eigenvalue weighted by atomic mass is 10.2. The summed E-state index contributed by atoms with van der Waals surface area (Å²) in [6, 6.07) is 1.48. The molecule has 0 spiro atoms. The summed E-state index contributed by atoms with van der Waals surface area (Å²) in [6.45, 7) is 4.29. The average molecular weight is 238 g/mol. The summed E-state index contributed by atoms with van der Waals surface area (Å²) >= 11 is 0. The van der Waals surface area contributed by atoms with Gasteiger partial charge in [0.05, 0.1) is 6.20 Å². The maximum absolute atomic E-state index is 13.1. The van der Waals surface area contributed by atoms with Crippen molar-refractivity contribution in [3.63, 3.8) is 0 Å². The highest BCUT2D eigenvalue weighted by molar-refractivity contribution is 5.47. The number of aromatic nitrogens is 1. The SMILES string of the molecule is CN1CCCN(c2ncc(F)cc2CN)CC1. The van der Waals surface area contributed by atoms with Crippen molar-refractivity contribution in [3.05, 3.63) is 23.6 Å². The van der Waals surface area contributed by atoms with Crippen LogP contribution in [0.5, 0.6) is 0 Å². The molecule has 4 nitrogen and oxygen atoms in total. The molecule has 17 heavy (non-hydrogen) atoms. The number of likely N-dealkylation sites (N-methyl/N-ethyl adjacent to an activating group) is 1. The molecular formula is C12H19FN4. The van der Waals surface area contributed by atoms with Gasteiger partial charge in [0, 0.05) is 31.7 Å². The molecule has 94 valence electrons. The maximum Gasteiger partial charge on any atom is 0.141 e. The van der Waals surface area contributed by atoms with Crippen LogP contribution in [0.4, 0.5) is 10.2 Å². The van der Waals surface area contributed by atoms with Gasteiger partial charge < -0.3 is 15.5 Å². The van der Waals surface area contributed by atoms with Crippen molar-refractivity contribution in [3.8, 4) is 0 Å². The molecule has 1 fully saturated rings. The molecule has 0 aromatic carbocycles. The highest BCUT2D eigenvalue weighted by atomic mass is 19.1. The molecular weight excluding hydrogens is 219 g/mol. The van der Waals surface area contributed by atoms with Crippen molar-refractivity contribution in [1.29, 1.82) is 0 Å². The van der Waals surface area contributed by atoms with Gasteiger partial charge in [-0.1, -0.05) is 0 Å². The van der Waals surface area contributed by atoms with E-state index in [1.54, 1.807) is 0 Å². The zero-order valence-electron chi connectivity index (χ0n) is 10.2.